The van der Waals surface area contributed by atoms with E-state index in [4.69, 9.17) is 5.73 Å². The zero-order valence-electron chi connectivity index (χ0n) is 7.09. The zero-order chi connectivity index (χ0) is 8.69. The molecule has 0 bridgehead atoms. The van der Waals surface area contributed by atoms with Crippen LogP contribution in [0.4, 0.5) is 0 Å². The van der Waals surface area contributed by atoms with E-state index in [2.05, 4.69) is 11.7 Å². The molecular formula is C8H15NO2. The highest BCUT2D eigenvalue weighted by Gasteiger charge is 2.02. The first-order valence-corrected chi connectivity index (χ1v) is 3.76. The summed E-state index contributed by atoms with van der Waals surface area (Å²) in [7, 11) is 0. The van der Waals surface area contributed by atoms with E-state index in [1.54, 1.807) is 6.92 Å². The molecule has 0 saturated carbocycles. The molecule has 11 heavy (non-hydrogen) atoms. The number of esters is 1. The van der Waals surface area contributed by atoms with Gasteiger partial charge in [-0.2, -0.15) is 0 Å². The van der Waals surface area contributed by atoms with E-state index in [-0.39, 0.29) is 12.7 Å². The molecule has 0 aliphatic heterocycles. The molecule has 64 valence electrons. The van der Waals surface area contributed by atoms with Gasteiger partial charge in [-0.1, -0.05) is 19.4 Å². The number of unbranched alkanes of at least 4 members (excludes halogenated alkanes) is 1. The number of allylic oxidation sites excluding steroid dienone is 1. The molecule has 0 radical (unpaired) electrons. The van der Waals surface area contributed by atoms with Crippen molar-refractivity contribution in [2.45, 2.75) is 26.7 Å². The lowest BCUT2D eigenvalue weighted by Crippen LogP contribution is -2.12. The van der Waals surface area contributed by atoms with Crippen molar-refractivity contribution in [3.8, 4) is 0 Å². The molecule has 0 atom stereocenters. The minimum absolute atomic E-state index is 0.0455. The fraction of sp³-hybridized carbons (Fsp3) is 0.625. The van der Waals surface area contributed by atoms with Gasteiger partial charge < -0.3 is 4.74 Å². The maximum absolute atomic E-state index is 10.9. The summed E-state index contributed by atoms with van der Waals surface area (Å²) in [6.07, 6.45) is 3.80. The van der Waals surface area contributed by atoms with Gasteiger partial charge in [0, 0.05) is 5.57 Å². The molecule has 0 saturated heterocycles. The van der Waals surface area contributed by atoms with Crippen molar-refractivity contribution in [3.63, 3.8) is 0 Å². The van der Waals surface area contributed by atoms with Crippen LogP contribution in [0.1, 0.15) is 26.7 Å². The number of carbonyl (C=O) groups excluding carboxylic acids is 1. The maximum atomic E-state index is 10.9. The lowest BCUT2D eigenvalue weighted by atomic mass is 10.2. The Morgan fingerprint density at radius 3 is 2.73 bits per heavy atom. The van der Waals surface area contributed by atoms with Gasteiger partial charge in [-0.15, -0.1) is 0 Å². The molecule has 0 heterocycles. The fourth-order valence-electron chi connectivity index (χ4n) is 0.634. The molecule has 0 spiro atoms. The largest absolute Gasteiger partial charge is 0.447 e. The standard InChI is InChI=1S/C8H15NO2/c1-3-4-5-7(2)8(10)11-6-9/h5H,3-4,6,9H2,1-2H3/b7-5+. The van der Waals surface area contributed by atoms with Crippen molar-refractivity contribution in [2.75, 3.05) is 6.73 Å². The van der Waals surface area contributed by atoms with Crippen molar-refractivity contribution in [1.29, 1.82) is 0 Å². The van der Waals surface area contributed by atoms with E-state index >= 15 is 0 Å². The highest BCUT2D eigenvalue weighted by molar-refractivity contribution is 5.87. The maximum Gasteiger partial charge on any atom is 0.334 e. The Morgan fingerprint density at radius 1 is 1.64 bits per heavy atom. The van der Waals surface area contributed by atoms with Crippen LogP contribution in [0.15, 0.2) is 11.6 Å². The molecule has 0 rings (SSSR count). The summed E-state index contributed by atoms with van der Waals surface area (Å²) in [4.78, 5) is 10.9. The van der Waals surface area contributed by atoms with E-state index in [9.17, 15) is 4.79 Å². The molecule has 3 nitrogen and oxygen atoms in total. The Hall–Kier alpha value is -0.830. The Balaban J connectivity index is 3.80. The number of nitrogens with two attached hydrogens (primary N) is 1. The highest BCUT2D eigenvalue weighted by atomic mass is 16.5. The third-order valence-electron chi connectivity index (χ3n) is 1.28. The molecule has 0 aromatic heterocycles. The predicted molar refractivity (Wildman–Crippen MR) is 43.8 cm³/mol. The summed E-state index contributed by atoms with van der Waals surface area (Å²) >= 11 is 0. The minimum Gasteiger partial charge on any atom is -0.447 e. The monoisotopic (exact) mass is 157 g/mol. The van der Waals surface area contributed by atoms with Crippen LogP contribution in [0, 0.1) is 0 Å². The van der Waals surface area contributed by atoms with Crippen LogP contribution in [-0.2, 0) is 9.53 Å². The van der Waals surface area contributed by atoms with Crippen molar-refractivity contribution in [2.24, 2.45) is 5.73 Å². The van der Waals surface area contributed by atoms with Gasteiger partial charge in [0.15, 0.2) is 0 Å². The van der Waals surface area contributed by atoms with Crippen LogP contribution < -0.4 is 5.73 Å². The van der Waals surface area contributed by atoms with Crippen LogP contribution in [-0.4, -0.2) is 12.7 Å². The predicted octanol–water partition coefficient (Wildman–Crippen LogP) is 1.19. The molecule has 0 aromatic carbocycles. The molecular weight excluding hydrogens is 142 g/mol. The van der Waals surface area contributed by atoms with E-state index < -0.39 is 0 Å². The lowest BCUT2D eigenvalue weighted by molar-refractivity contribution is -0.138. The minimum atomic E-state index is -0.319. The number of hydrogen-bond donors (Lipinski definition) is 1. The van der Waals surface area contributed by atoms with Gasteiger partial charge in [0.1, 0.15) is 6.73 Å². The van der Waals surface area contributed by atoms with Crippen molar-refractivity contribution in [3.05, 3.63) is 11.6 Å². The summed E-state index contributed by atoms with van der Waals surface area (Å²) in [6.45, 7) is 3.74. The van der Waals surface area contributed by atoms with Gasteiger partial charge >= 0.3 is 5.97 Å². The fourth-order valence-corrected chi connectivity index (χ4v) is 0.634. The van der Waals surface area contributed by atoms with Gasteiger partial charge in [0.05, 0.1) is 0 Å². The Bertz CT molecular complexity index is 152. The Labute approximate surface area is 67.2 Å². The van der Waals surface area contributed by atoms with Crippen LogP contribution in [0.2, 0.25) is 0 Å². The molecule has 2 N–H and O–H groups in total. The van der Waals surface area contributed by atoms with Gasteiger partial charge in [0.25, 0.3) is 0 Å². The molecule has 0 aliphatic carbocycles. The Morgan fingerprint density at radius 2 is 2.27 bits per heavy atom. The van der Waals surface area contributed by atoms with Gasteiger partial charge in [-0.05, 0) is 13.3 Å². The first-order chi connectivity index (χ1) is 5.22. The van der Waals surface area contributed by atoms with Crippen LogP contribution in [0.3, 0.4) is 0 Å². The Kier molecular flexibility index (Phi) is 5.47. The normalized spacial score (nSPS) is 11.4. The molecule has 0 fully saturated rings. The second kappa shape index (κ2) is 5.92. The highest BCUT2D eigenvalue weighted by Crippen LogP contribution is 1.99. The second-order valence-corrected chi connectivity index (χ2v) is 2.27. The smallest absolute Gasteiger partial charge is 0.334 e. The molecule has 0 aromatic rings. The summed E-state index contributed by atoms with van der Waals surface area (Å²) in [5.74, 6) is -0.319. The van der Waals surface area contributed by atoms with Crippen molar-refractivity contribution in [1.82, 2.24) is 0 Å². The number of hydrogen-bond acceptors (Lipinski definition) is 3. The van der Waals surface area contributed by atoms with Crippen LogP contribution in [0.25, 0.3) is 0 Å². The lowest BCUT2D eigenvalue weighted by Gasteiger charge is -1.99. The van der Waals surface area contributed by atoms with Crippen molar-refractivity contribution < 1.29 is 9.53 Å². The topological polar surface area (TPSA) is 52.3 Å². The summed E-state index contributed by atoms with van der Waals surface area (Å²) in [5, 5.41) is 0. The van der Waals surface area contributed by atoms with Gasteiger partial charge in [0.2, 0.25) is 0 Å². The van der Waals surface area contributed by atoms with E-state index in [1.807, 2.05) is 6.08 Å². The average molecular weight is 157 g/mol. The van der Waals surface area contributed by atoms with E-state index in [0.29, 0.717) is 5.57 Å². The van der Waals surface area contributed by atoms with Gasteiger partial charge in [-0.25, -0.2) is 4.79 Å². The molecule has 0 amide bonds. The summed E-state index contributed by atoms with van der Waals surface area (Å²) in [6, 6.07) is 0. The van der Waals surface area contributed by atoms with Gasteiger partial charge in [-0.3, -0.25) is 5.73 Å². The van der Waals surface area contributed by atoms with E-state index in [1.165, 1.54) is 0 Å². The molecule has 0 unspecified atom stereocenters. The third kappa shape index (κ3) is 4.56. The molecule has 3 heteroatoms. The van der Waals surface area contributed by atoms with Crippen LogP contribution >= 0.6 is 0 Å². The average Bonchev–Trinajstić information content (AvgIpc) is 2.00. The second-order valence-electron chi connectivity index (χ2n) is 2.27. The third-order valence-corrected chi connectivity index (χ3v) is 1.28. The van der Waals surface area contributed by atoms with Crippen LogP contribution in [0.5, 0.6) is 0 Å². The molecule has 0 aliphatic rings. The summed E-state index contributed by atoms with van der Waals surface area (Å²) < 4.78 is 4.57. The number of ether oxygens (including phenoxy) is 1. The first-order valence-electron chi connectivity index (χ1n) is 3.76. The first kappa shape index (κ1) is 10.2. The van der Waals surface area contributed by atoms with Crippen molar-refractivity contribution >= 4 is 5.97 Å². The SMILES string of the molecule is CCC/C=C(\C)C(=O)OCN. The number of rotatable bonds is 4. The quantitative estimate of drug-likeness (QED) is 0.379. The summed E-state index contributed by atoms with van der Waals surface area (Å²) in [5.41, 5.74) is 5.66. The zero-order valence-corrected chi connectivity index (χ0v) is 7.09. The van der Waals surface area contributed by atoms with E-state index in [0.717, 1.165) is 12.8 Å². The number of carbonyl (C=O) groups is 1.